The topological polar surface area (TPSA) is 12.0 Å². The van der Waals surface area contributed by atoms with Crippen molar-refractivity contribution in [2.45, 2.75) is 32.2 Å². The molecule has 3 rings (SSSR count). The third kappa shape index (κ3) is 2.76. The van der Waals surface area contributed by atoms with E-state index in [2.05, 4.69) is 42.6 Å². The molecule has 0 saturated heterocycles. The second kappa shape index (κ2) is 5.26. The SMILES string of the molecule is Cc1cc(Cl)ccc1NC1CCc2ccccc2C1. The molecule has 19 heavy (non-hydrogen) atoms. The van der Waals surface area contributed by atoms with Crippen LogP contribution in [-0.2, 0) is 12.8 Å². The molecule has 0 aromatic heterocycles. The number of hydrogen-bond acceptors (Lipinski definition) is 1. The number of benzene rings is 2. The zero-order valence-electron chi connectivity index (χ0n) is 11.1. The van der Waals surface area contributed by atoms with Gasteiger partial charge in [-0.15, -0.1) is 0 Å². The molecule has 2 aromatic rings. The van der Waals surface area contributed by atoms with E-state index in [1.807, 2.05) is 12.1 Å². The maximum atomic E-state index is 6.00. The van der Waals surface area contributed by atoms with Crippen LogP contribution < -0.4 is 5.32 Å². The molecule has 0 fully saturated rings. The number of halogens is 1. The molecule has 98 valence electrons. The second-order valence-corrected chi connectivity index (χ2v) is 5.75. The minimum atomic E-state index is 0.523. The Balaban J connectivity index is 1.75. The lowest BCUT2D eigenvalue weighted by atomic mass is 9.88. The lowest BCUT2D eigenvalue weighted by Crippen LogP contribution is -2.27. The molecule has 0 heterocycles. The summed E-state index contributed by atoms with van der Waals surface area (Å²) < 4.78 is 0. The summed E-state index contributed by atoms with van der Waals surface area (Å²) in [5.41, 5.74) is 5.41. The van der Waals surface area contributed by atoms with Gasteiger partial charge in [0.1, 0.15) is 0 Å². The van der Waals surface area contributed by atoms with Gasteiger partial charge in [0.05, 0.1) is 0 Å². The van der Waals surface area contributed by atoms with Crippen LogP contribution in [0.2, 0.25) is 5.02 Å². The fraction of sp³-hybridized carbons (Fsp3) is 0.294. The highest BCUT2D eigenvalue weighted by Crippen LogP contribution is 2.26. The smallest absolute Gasteiger partial charge is 0.0410 e. The van der Waals surface area contributed by atoms with E-state index in [0.29, 0.717) is 6.04 Å². The molecular formula is C17H18ClN. The Bertz CT molecular complexity index is 592. The average molecular weight is 272 g/mol. The number of fused-ring (bicyclic) bond motifs is 1. The molecule has 1 aliphatic rings. The summed E-state index contributed by atoms with van der Waals surface area (Å²) in [6.45, 7) is 2.10. The number of aryl methyl sites for hydroxylation is 2. The summed E-state index contributed by atoms with van der Waals surface area (Å²) >= 11 is 6.00. The molecule has 0 radical (unpaired) electrons. The molecule has 1 atom stereocenters. The van der Waals surface area contributed by atoms with Gasteiger partial charge in [-0.05, 0) is 61.1 Å². The molecular weight excluding hydrogens is 254 g/mol. The van der Waals surface area contributed by atoms with Crippen molar-refractivity contribution in [3.05, 3.63) is 64.2 Å². The highest BCUT2D eigenvalue weighted by atomic mass is 35.5. The summed E-state index contributed by atoms with van der Waals surface area (Å²) in [6, 6.07) is 15.3. The first kappa shape index (κ1) is 12.6. The predicted molar refractivity (Wildman–Crippen MR) is 82.1 cm³/mol. The van der Waals surface area contributed by atoms with Crippen LogP contribution in [0.5, 0.6) is 0 Å². The fourth-order valence-electron chi connectivity index (χ4n) is 2.83. The van der Waals surface area contributed by atoms with E-state index in [4.69, 9.17) is 11.6 Å². The number of anilines is 1. The predicted octanol–water partition coefficient (Wildman–Crippen LogP) is 4.62. The Morgan fingerprint density at radius 3 is 2.68 bits per heavy atom. The van der Waals surface area contributed by atoms with Crippen LogP contribution in [0.1, 0.15) is 23.1 Å². The van der Waals surface area contributed by atoms with Crippen molar-refractivity contribution in [1.82, 2.24) is 0 Å². The Labute approximate surface area is 119 Å². The Kier molecular flexibility index (Phi) is 3.48. The van der Waals surface area contributed by atoms with Crippen LogP contribution in [0.15, 0.2) is 42.5 Å². The van der Waals surface area contributed by atoms with Crippen molar-refractivity contribution in [3.63, 3.8) is 0 Å². The van der Waals surface area contributed by atoms with Gasteiger partial charge in [-0.1, -0.05) is 35.9 Å². The molecule has 2 heteroatoms. The van der Waals surface area contributed by atoms with E-state index < -0.39 is 0 Å². The molecule has 0 spiro atoms. The van der Waals surface area contributed by atoms with Crippen molar-refractivity contribution in [1.29, 1.82) is 0 Å². The van der Waals surface area contributed by atoms with E-state index in [0.717, 1.165) is 11.4 Å². The Morgan fingerprint density at radius 2 is 1.89 bits per heavy atom. The monoisotopic (exact) mass is 271 g/mol. The molecule has 1 N–H and O–H groups in total. The lowest BCUT2D eigenvalue weighted by molar-refractivity contribution is 0.610. The van der Waals surface area contributed by atoms with Crippen molar-refractivity contribution < 1.29 is 0 Å². The van der Waals surface area contributed by atoms with Crippen LogP contribution in [-0.4, -0.2) is 6.04 Å². The quantitative estimate of drug-likeness (QED) is 0.841. The largest absolute Gasteiger partial charge is 0.382 e. The lowest BCUT2D eigenvalue weighted by Gasteiger charge is -2.27. The molecule has 1 aliphatic carbocycles. The van der Waals surface area contributed by atoms with Gasteiger partial charge in [0, 0.05) is 16.8 Å². The Hall–Kier alpha value is -1.47. The molecule has 1 unspecified atom stereocenters. The number of nitrogens with one attached hydrogen (secondary N) is 1. The normalized spacial score (nSPS) is 17.9. The van der Waals surface area contributed by atoms with E-state index in [9.17, 15) is 0 Å². The van der Waals surface area contributed by atoms with Crippen LogP contribution in [0, 0.1) is 6.92 Å². The van der Waals surface area contributed by atoms with Gasteiger partial charge < -0.3 is 5.32 Å². The zero-order valence-corrected chi connectivity index (χ0v) is 11.9. The molecule has 0 amide bonds. The third-order valence-corrected chi connectivity index (χ3v) is 4.13. The van der Waals surface area contributed by atoms with Crippen LogP contribution >= 0.6 is 11.6 Å². The highest BCUT2D eigenvalue weighted by Gasteiger charge is 2.18. The Morgan fingerprint density at radius 1 is 1.11 bits per heavy atom. The minimum Gasteiger partial charge on any atom is -0.382 e. The highest BCUT2D eigenvalue weighted by molar-refractivity contribution is 6.30. The van der Waals surface area contributed by atoms with Gasteiger partial charge in [-0.3, -0.25) is 0 Å². The standard InChI is InChI=1S/C17H18ClN/c1-12-10-15(18)7-9-17(12)19-16-8-6-13-4-2-3-5-14(13)11-16/h2-5,7,9-10,16,19H,6,8,11H2,1H3. The summed E-state index contributed by atoms with van der Waals surface area (Å²) in [5, 5.41) is 4.46. The maximum absolute atomic E-state index is 6.00. The molecule has 1 nitrogen and oxygen atoms in total. The molecule has 2 aromatic carbocycles. The number of hydrogen-bond donors (Lipinski definition) is 1. The van der Waals surface area contributed by atoms with Crippen molar-refractivity contribution in [2.75, 3.05) is 5.32 Å². The zero-order chi connectivity index (χ0) is 13.2. The van der Waals surface area contributed by atoms with Crippen molar-refractivity contribution >= 4 is 17.3 Å². The van der Waals surface area contributed by atoms with Gasteiger partial charge in [0.25, 0.3) is 0 Å². The molecule has 0 aliphatic heterocycles. The first-order valence-electron chi connectivity index (χ1n) is 6.82. The minimum absolute atomic E-state index is 0.523. The van der Waals surface area contributed by atoms with Crippen molar-refractivity contribution in [2.24, 2.45) is 0 Å². The first-order chi connectivity index (χ1) is 9.22. The van der Waals surface area contributed by atoms with Crippen molar-refractivity contribution in [3.8, 4) is 0 Å². The van der Waals surface area contributed by atoms with Gasteiger partial charge >= 0.3 is 0 Å². The van der Waals surface area contributed by atoms with Gasteiger partial charge in [-0.25, -0.2) is 0 Å². The van der Waals surface area contributed by atoms with E-state index in [1.165, 1.54) is 35.2 Å². The van der Waals surface area contributed by atoms with Crippen LogP contribution in [0.25, 0.3) is 0 Å². The molecule has 0 saturated carbocycles. The first-order valence-corrected chi connectivity index (χ1v) is 7.19. The fourth-order valence-corrected chi connectivity index (χ4v) is 3.06. The second-order valence-electron chi connectivity index (χ2n) is 5.31. The summed E-state index contributed by atoms with van der Waals surface area (Å²) in [4.78, 5) is 0. The van der Waals surface area contributed by atoms with E-state index in [-0.39, 0.29) is 0 Å². The summed E-state index contributed by atoms with van der Waals surface area (Å²) in [6.07, 6.45) is 3.47. The number of rotatable bonds is 2. The van der Waals surface area contributed by atoms with Gasteiger partial charge in [-0.2, -0.15) is 0 Å². The third-order valence-electron chi connectivity index (χ3n) is 3.89. The van der Waals surface area contributed by atoms with Gasteiger partial charge in [0.2, 0.25) is 0 Å². The van der Waals surface area contributed by atoms with Gasteiger partial charge in [0.15, 0.2) is 0 Å². The summed E-state index contributed by atoms with van der Waals surface area (Å²) in [7, 11) is 0. The van der Waals surface area contributed by atoms with E-state index in [1.54, 1.807) is 0 Å². The summed E-state index contributed by atoms with van der Waals surface area (Å²) in [5.74, 6) is 0. The van der Waals surface area contributed by atoms with E-state index >= 15 is 0 Å². The maximum Gasteiger partial charge on any atom is 0.0410 e. The van der Waals surface area contributed by atoms with Crippen LogP contribution in [0.4, 0.5) is 5.69 Å². The molecule has 0 bridgehead atoms. The van der Waals surface area contributed by atoms with Crippen LogP contribution in [0.3, 0.4) is 0 Å². The average Bonchev–Trinajstić information content (AvgIpc) is 2.42.